The van der Waals surface area contributed by atoms with Crippen LogP contribution in [0.5, 0.6) is 11.5 Å². The van der Waals surface area contributed by atoms with Gasteiger partial charge in [-0.25, -0.2) is 0 Å². The van der Waals surface area contributed by atoms with Crippen LogP contribution in [0.4, 0.5) is 0 Å². The van der Waals surface area contributed by atoms with E-state index >= 15 is 0 Å². The van der Waals surface area contributed by atoms with E-state index in [2.05, 4.69) is 21.2 Å². The standard InChI is InChI=1S/C16H24BrNO3/c1-16(19,10-11-6-4-5-9-18-11)12-7-8-13(20-2)14(17)15(12)21-3/h7-8,11,18-19H,4-6,9-10H2,1-3H3. The van der Waals surface area contributed by atoms with E-state index < -0.39 is 5.60 Å². The Kier molecular flexibility index (Phi) is 5.52. The van der Waals surface area contributed by atoms with Crippen molar-refractivity contribution in [2.45, 2.75) is 44.2 Å². The molecule has 1 aliphatic heterocycles. The maximum Gasteiger partial charge on any atom is 0.142 e. The Morgan fingerprint density at radius 2 is 2.10 bits per heavy atom. The Hall–Kier alpha value is -0.780. The summed E-state index contributed by atoms with van der Waals surface area (Å²) in [5, 5.41) is 14.4. The van der Waals surface area contributed by atoms with Crippen LogP contribution in [0.15, 0.2) is 16.6 Å². The SMILES string of the molecule is COc1ccc(C(C)(O)CC2CCCCN2)c(OC)c1Br. The molecule has 0 spiro atoms. The lowest BCUT2D eigenvalue weighted by Crippen LogP contribution is -2.39. The average Bonchev–Trinajstić information content (AvgIpc) is 2.47. The summed E-state index contributed by atoms with van der Waals surface area (Å²) in [5.74, 6) is 1.33. The van der Waals surface area contributed by atoms with Gasteiger partial charge >= 0.3 is 0 Å². The van der Waals surface area contributed by atoms with Crippen molar-refractivity contribution in [3.8, 4) is 11.5 Å². The zero-order chi connectivity index (χ0) is 15.5. The topological polar surface area (TPSA) is 50.7 Å². The first-order valence-corrected chi connectivity index (χ1v) is 8.15. The Labute approximate surface area is 135 Å². The number of halogens is 1. The van der Waals surface area contributed by atoms with Crippen molar-refractivity contribution >= 4 is 15.9 Å². The molecule has 1 aromatic carbocycles. The van der Waals surface area contributed by atoms with E-state index in [1.165, 1.54) is 12.8 Å². The fourth-order valence-corrected chi connectivity index (χ4v) is 3.68. The first-order valence-electron chi connectivity index (χ1n) is 7.36. The molecule has 2 rings (SSSR count). The predicted octanol–water partition coefficient (Wildman–Crippen LogP) is 3.21. The molecule has 0 bridgehead atoms. The van der Waals surface area contributed by atoms with Crippen LogP contribution in [0.25, 0.3) is 0 Å². The van der Waals surface area contributed by atoms with E-state index in [1.54, 1.807) is 14.2 Å². The van der Waals surface area contributed by atoms with Crippen molar-refractivity contribution < 1.29 is 14.6 Å². The van der Waals surface area contributed by atoms with Gasteiger partial charge in [-0.3, -0.25) is 0 Å². The second-order valence-electron chi connectivity index (χ2n) is 5.79. The monoisotopic (exact) mass is 357 g/mol. The second-order valence-corrected chi connectivity index (χ2v) is 6.58. The largest absolute Gasteiger partial charge is 0.495 e. The van der Waals surface area contributed by atoms with Crippen molar-refractivity contribution in [2.75, 3.05) is 20.8 Å². The highest BCUT2D eigenvalue weighted by molar-refractivity contribution is 9.10. The van der Waals surface area contributed by atoms with Crippen LogP contribution in [0, 0.1) is 0 Å². The molecule has 0 amide bonds. The van der Waals surface area contributed by atoms with Crippen LogP contribution in [0.2, 0.25) is 0 Å². The fourth-order valence-electron chi connectivity index (χ4n) is 3.01. The number of rotatable bonds is 5. The molecule has 21 heavy (non-hydrogen) atoms. The van der Waals surface area contributed by atoms with Gasteiger partial charge in [0.25, 0.3) is 0 Å². The number of ether oxygens (including phenoxy) is 2. The third-order valence-electron chi connectivity index (χ3n) is 4.12. The second kappa shape index (κ2) is 6.99. The lowest BCUT2D eigenvalue weighted by molar-refractivity contribution is 0.0308. The molecule has 5 heteroatoms. The van der Waals surface area contributed by atoms with Gasteiger partial charge in [-0.1, -0.05) is 6.42 Å². The Morgan fingerprint density at radius 1 is 1.33 bits per heavy atom. The van der Waals surface area contributed by atoms with Crippen molar-refractivity contribution in [3.63, 3.8) is 0 Å². The molecule has 0 aliphatic carbocycles. The van der Waals surface area contributed by atoms with E-state index in [1.807, 2.05) is 19.1 Å². The molecule has 2 atom stereocenters. The van der Waals surface area contributed by atoms with Gasteiger partial charge in [-0.2, -0.15) is 0 Å². The van der Waals surface area contributed by atoms with E-state index in [0.717, 1.165) is 23.0 Å². The molecular weight excluding hydrogens is 334 g/mol. The van der Waals surface area contributed by atoms with Crippen LogP contribution in [0.3, 0.4) is 0 Å². The fraction of sp³-hybridized carbons (Fsp3) is 0.625. The summed E-state index contributed by atoms with van der Waals surface area (Å²) in [6.45, 7) is 2.88. The first kappa shape index (κ1) is 16.6. The van der Waals surface area contributed by atoms with Crippen LogP contribution >= 0.6 is 15.9 Å². The van der Waals surface area contributed by atoms with Crippen LogP contribution < -0.4 is 14.8 Å². The van der Waals surface area contributed by atoms with Gasteiger partial charge in [0.2, 0.25) is 0 Å². The van der Waals surface area contributed by atoms with E-state index in [0.29, 0.717) is 24.0 Å². The summed E-state index contributed by atoms with van der Waals surface area (Å²) < 4.78 is 11.5. The summed E-state index contributed by atoms with van der Waals surface area (Å²) in [5.41, 5.74) is -0.167. The number of aliphatic hydroxyl groups is 1. The Balaban J connectivity index is 2.27. The third kappa shape index (κ3) is 3.71. The van der Waals surface area contributed by atoms with Crippen molar-refractivity contribution in [3.05, 3.63) is 22.2 Å². The van der Waals surface area contributed by atoms with Crippen molar-refractivity contribution in [1.29, 1.82) is 0 Å². The van der Waals surface area contributed by atoms with Crippen LogP contribution in [-0.4, -0.2) is 31.9 Å². The van der Waals surface area contributed by atoms with Gasteiger partial charge < -0.3 is 19.9 Å². The number of hydrogen-bond donors (Lipinski definition) is 2. The number of hydrogen-bond acceptors (Lipinski definition) is 4. The minimum absolute atomic E-state index is 0.347. The van der Waals surface area contributed by atoms with E-state index in [-0.39, 0.29) is 0 Å². The van der Waals surface area contributed by atoms with Gasteiger partial charge in [0.1, 0.15) is 16.0 Å². The Bertz CT molecular complexity index is 485. The van der Waals surface area contributed by atoms with E-state index in [4.69, 9.17) is 9.47 Å². The van der Waals surface area contributed by atoms with Crippen molar-refractivity contribution in [1.82, 2.24) is 5.32 Å². The zero-order valence-corrected chi connectivity index (χ0v) is 14.5. The molecule has 1 heterocycles. The minimum atomic E-state index is -0.949. The quantitative estimate of drug-likeness (QED) is 0.849. The summed E-state index contributed by atoms with van der Waals surface area (Å²) in [6, 6.07) is 4.08. The molecule has 4 nitrogen and oxygen atoms in total. The van der Waals surface area contributed by atoms with Crippen LogP contribution in [0.1, 0.15) is 38.2 Å². The molecule has 0 aromatic heterocycles. The molecule has 1 saturated heterocycles. The minimum Gasteiger partial charge on any atom is -0.495 e. The Morgan fingerprint density at radius 3 is 2.67 bits per heavy atom. The van der Waals surface area contributed by atoms with Crippen molar-refractivity contribution in [2.24, 2.45) is 0 Å². The van der Waals surface area contributed by atoms with Gasteiger partial charge in [-0.05, 0) is 60.8 Å². The van der Waals surface area contributed by atoms with Gasteiger partial charge in [0.15, 0.2) is 0 Å². The highest BCUT2D eigenvalue weighted by atomic mass is 79.9. The molecule has 0 saturated carbocycles. The normalized spacial score (nSPS) is 21.7. The molecule has 2 N–H and O–H groups in total. The summed E-state index contributed by atoms with van der Waals surface area (Å²) in [4.78, 5) is 0. The number of benzene rings is 1. The van der Waals surface area contributed by atoms with Gasteiger partial charge in [0, 0.05) is 11.6 Å². The third-order valence-corrected chi connectivity index (χ3v) is 4.87. The summed E-state index contributed by atoms with van der Waals surface area (Å²) in [7, 11) is 3.22. The average molecular weight is 358 g/mol. The highest BCUT2D eigenvalue weighted by Crippen LogP contribution is 2.43. The first-order chi connectivity index (χ1) is 9.99. The lowest BCUT2D eigenvalue weighted by atomic mass is 9.86. The highest BCUT2D eigenvalue weighted by Gasteiger charge is 2.32. The predicted molar refractivity (Wildman–Crippen MR) is 87.1 cm³/mol. The summed E-state index contributed by atoms with van der Waals surface area (Å²) >= 11 is 3.49. The summed E-state index contributed by atoms with van der Waals surface area (Å²) in [6.07, 6.45) is 4.21. The van der Waals surface area contributed by atoms with Gasteiger partial charge in [-0.15, -0.1) is 0 Å². The maximum absolute atomic E-state index is 11.0. The number of nitrogens with one attached hydrogen (secondary N) is 1. The molecule has 1 aromatic rings. The molecule has 0 radical (unpaired) electrons. The molecule has 1 aliphatic rings. The molecule has 118 valence electrons. The number of methoxy groups -OCH3 is 2. The van der Waals surface area contributed by atoms with Gasteiger partial charge in [0.05, 0.1) is 19.8 Å². The van der Waals surface area contributed by atoms with Crippen LogP contribution in [-0.2, 0) is 5.60 Å². The zero-order valence-electron chi connectivity index (χ0n) is 12.9. The number of piperidine rings is 1. The molecule has 1 fully saturated rings. The molecule has 2 unspecified atom stereocenters. The smallest absolute Gasteiger partial charge is 0.142 e. The maximum atomic E-state index is 11.0. The molecular formula is C16H24BrNO3. The van der Waals surface area contributed by atoms with E-state index in [9.17, 15) is 5.11 Å². The lowest BCUT2D eigenvalue weighted by Gasteiger charge is -2.33.